The van der Waals surface area contributed by atoms with Crippen LogP contribution in [0.4, 0.5) is 0 Å². The lowest BCUT2D eigenvalue weighted by molar-refractivity contribution is 0.251. The molecule has 0 aromatic heterocycles. The van der Waals surface area contributed by atoms with E-state index >= 15 is 0 Å². The van der Waals surface area contributed by atoms with Crippen molar-refractivity contribution in [3.63, 3.8) is 0 Å². The number of rotatable bonds is 3. The second kappa shape index (κ2) is 8.59. The van der Waals surface area contributed by atoms with Crippen molar-refractivity contribution in [2.45, 2.75) is 72.6 Å². The minimum atomic E-state index is 1.00. The van der Waals surface area contributed by atoms with Crippen LogP contribution in [0.15, 0.2) is 0 Å². The van der Waals surface area contributed by atoms with Gasteiger partial charge in [-0.15, -0.1) is 0 Å². The summed E-state index contributed by atoms with van der Waals surface area (Å²) in [6.45, 7) is 8.75. The van der Waals surface area contributed by atoms with Gasteiger partial charge in [0, 0.05) is 0 Å². The van der Waals surface area contributed by atoms with Crippen molar-refractivity contribution in [1.29, 1.82) is 0 Å². The zero-order chi connectivity index (χ0) is 10.1. The van der Waals surface area contributed by atoms with Gasteiger partial charge in [-0.3, -0.25) is 0 Å². The molecule has 0 radical (unpaired) electrons. The van der Waals surface area contributed by atoms with Crippen molar-refractivity contribution in [1.82, 2.24) is 0 Å². The maximum absolute atomic E-state index is 2.44. The van der Waals surface area contributed by atoms with Crippen molar-refractivity contribution >= 4 is 0 Å². The summed E-state index contributed by atoms with van der Waals surface area (Å²) < 4.78 is 0. The topological polar surface area (TPSA) is 0 Å². The van der Waals surface area contributed by atoms with E-state index in [-0.39, 0.29) is 0 Å². The Hall–Kier alpha value is 0. The van der Waals surface area contributed by atoms with Gasteiger partial charge in [-0.2, -0.15) is 0 Å². The monoisotopic (exact) mass is 184 g/mol. The third kappa shape index (κ3) is 5.33. The molecule has 1 unspecified atom stereocenters. The van der Waals surface area contributed by atoms with Gasteiger partial charge in [-0.1, -0.05) is 72.6 Å². The summed E-state index contributed by atoms with van der Waals surface area (Å²) in [6, 6.07) is 0. The van der Waals surface area contributed by atoms with Crippen LogP contribution in [0.3, 0.4) is 0 Å². The second-order valence-corrected chi connectivity index (χ2v) is 4.16. The van der Waals surface area contributed by atoms with Gasteiger partial charge in [0.2, 0.25) is 0 Å². The molecule has 0 heteroatoms. The third-order valence-corrected chi connectivity index (χ3v) is 3.20. The fourth-order valence-electron chi connectivity index (χ4n) is 2.39. The van der Waals surface area contributed by atoms with Crippen LogP contribution >= 0.6 is 0 Å². The summed E-state index contributed by atoms with van der Waals surface area (Å²) in [5.74, 6) is 2.07. The molecule has 0 saturated heterocycles. The van der Waals surface area contributed by atoms with Crippen LogP contribution in [0.2, 0.25) is 0 Å². The Bertz CT molecular complexity index is 90.2. The van der Waals surface area contributed by atoms with Gasteiger partial charge in [-0.25, -0.2) is 0 Å². The van der Waals surface area contributed by atoms with Crippen LogP contribution in [0.1, 0.15) is 72.6 Å². The molecular weight excluding hydrogens is 156 g/mol. The SMILES string of the molecule is CC.CCCC(C)C1CCCCC1. The minimum absolute atomic E-state index is 1.00. The first-order valence-corrected chi connectivity index (χ1v) is 6.34. The summed E-state index contributed by atoms with van der Waals surface area (Å²) in [5.41, 5.74) is 0. The molecule has 1 fully saturated rings. The van der Waals surface area contributed by atoms with Crippen LogP contribution < -0.4 is 0 Å². The molecule has 0 heterocycles. The van der Waals surface area contributed by atoms with E-state index in [1.807, 2.05) is 13.8 Å². The lowest BCUT2D eigenvalue weighted by atomic mass is 9.79. The Morgan fingerprint density at radius 2 is 1.62 bits per heavy atom. The molecular formula is C13H28. The molecule has 80 valence electrons. The molecule has 0 aromatic rings. The first-order valence-electron chi connectivity index (χ1n) is 6.34. The average Bonchev–Trinajstić information content (AvgIpc) is 2.23. The van der Waals surface area contributed by atoms with Gasteiger partial charge < -0.3 is 0 Å². The zero-order valence-corrected chi connectivity index (χ0v) is 10.1. The van der Waals surface area contributed by atoms with Crippen molar-refractivity contribution in [3.8, 4) is 0 Å². The van der Waals surface area contributed by atoms with E-state index in [2.05, 4.69) is 13.8 Å². The van der Waals surface area contributed by atoms with E-state index < -0.39 is 0 Å². The molecule has 1 rings (SSSR count). The molecule has 1 aliphatic carbocycles. The average molecular weight is 184 g/mol. The quantitative estimate of drug-likeness (QED) is 0.577. The van der Waals surface area contributed by atoms with Gasteiger partial charge in [0.1, 0.15) is 0 Å². The summed E-state index contributed by atoms with van der Waals surface area (Å²) in [4.78, 5) is 0. The summed E-state index contributed by atoms with van der Waals surface area (Å²) in [5, 5.41) is 0. The molecule has 13 heavy (non-hydrogen) atoms. The summed E-state index contributed by atoms with van der Waals surface area (Å²) in [7, 11) is 0. The van der Waals surface area contributed by atoms with Crippen LogP contribution in [0.25, 0.3) is 0 Å². The Labute approximate surface area is 85.1 Å². The molecule has 0 aliphatic heterocycles. The largest absolute Gasteiger partial charge is 0.0683 e. The van der Waals surface area contributed by atoms with Gasteiger partial charge in [0.05, 0.1) is 0 Å². The fraction of sp³-hybridized carbons (Fsp3) is 1.00. The van der Waals surface area contributed by atoms with Gasteiger partial charge >= 0.3 is 0 Å². The standard InChI is InChI=1S/C11H22.C2H6/c1-3-7-10(2)11-8-5-4-6-9-11;1-2/h10-11H,3-9H2,1-2H3;1-2H3. The highest BCUT2D eigenvalue weighted by Gasteiger charge is 2.18. The lowest BCUT2D eigenvalue weighted by Crippen LogP contribution is -2.14. The van der Waals surface area contributed by atoms with E-state index in [1.165, 1.54) is 44.9 Å². The zero-order valence-electron chi connectivity index (χ0n) is 10.1. The van der Waals surface area contributed by atoms with Crippen molar-refractivity contribution in [3.05, 3.63) is 0 Å². The molecule has 0 aromatic carbocycles. The molecule has 1 aliphatic rings. The smallest absolute Gasteiger partial charge is 0.0388 e. The van der Waals surface area contributed by atoms with Crippen LogP contribution in [-0.2, 0) is 0 Å². The fourth-order valence-corrected chi connectivity index (χ4v) is 2.39. The van der Waals surface area contributed by atoms with Crippen molar-refractivity contribution in [2.75, 3.05) is 0 Å². The normalized spacial score (nSPS) is 20.3. The predicted octanol–water partition coefficient (Wildman–Crippen LogP) is 5.03. The Balaban J connectivity index is 0.000000671. The first kappa shape index (κ1) is 13.0. The van der Waals surface area contributed by atoms with Crippen LogP contribution in [0, 0.1) is 11.8 Å². The summed E-state index contributed by atoms with van der Waals surface area (Å²) in [6.07, 6.45) is 10.3. The highest BCUT2D eigenvalue weighted by Crippen LogP contribution is 2.31. The molecule has 0 bridgehead atoms. The van der Waals surface area contributed by atoms with E-state index in [4.69, 9.17) is 0 Å². The van der Waals surface area contributed by atoms with Crippen LogP contribution in [-0.4, -0.2) is 0 Å². The predicted molar refractivity (Wildman–Crippen MR) is 62.0 cm³/mol. The maximum atomic E-state index is 2.44. The highest BCUT2D eigenvalue weighted by molar-refractivity contribution is 4.70. The Morgan fingerprint density at radius 3 is 2.08 bits per heavy atom. The van der Waals surface area contributed by atoms with Crippen molar-refractivity contribution in [2.24, 2.45) is 11.8 Å². The molecule has 0 spiro atoms. The number of hydrogen-bond acceptors (Lipinski definition) is 0. The minimum Gasteiger partial charge on any atom is -0.0683 e. The molecule has 0 N–H and O–H groups in total. The first-order chi connectivity index (χ1) is 6.34. The molecule has 0 amide bonds. The summed E-state index contributed by atoms with van der Waals surface area (Å²) >= 11 is 0. The van der Waals surface area contributed by atoms with E-state index in [0.29, 0.717) is 0 Å². The van der Waals surface area contributed by atoms with E-state index in [0.717, 1.165) is 11.8 Å². The molecule has 1 atom stereocenters. The highest BCUT2D eigenvalue weighted by atomic mass is 14.2. The third-order valence-electron chi connectivity index (χ3n) is 3.20. The van der Waals surface area contributed by atoms with Crippen molar-refractivity contribution < 1.29 is 0 Å². The Kier molecular flexibility index (Phi) is 8.59. The molecule has 0 nitrogen and oxygen atoms in total. The second-order valence-electron chi connectivity index (χ2n) is 4.16. The van der Waals surface area contributed by atoms with Gasteiger partial charge in [-0.05, 0) is 11.8 Å². The molecule has 1 saturated carbocycles. The Morgan fingerprint density at radius 1 is 1.08 bits per heavy atom. The lowest BCUT2D eigenvalue weighted by Gasteiger charge is -2.27. The number of hydrogen-bond donors (Lipinski definition) is 0. The van der Waals surface area contributed by atoms with Crippen LogP contribution in [0.5, 0.6) is 0 Å². The van der Waals surface area contributed by atoms with Gasteiger partial charge in [0.15, 0.2) is 0 Å². The van der Waals surface area contributed by atoms with E-state index in [9.17, 15) is 0 Å². The van der Waals surface area contributed by atoms with E-state index in [1.54, 1.807) is 0 Å². The maximum Gasteiger partial charge on any atom is -0.0388 e. The van der Waals surface area contributed by atoms with Gasteiger partial charge in [0.25, 0.3) is 0 Å².